The van der Waals surface area contributed by atoms with Gasteiger partial charge in [-0.25, -0.2) is 8.78 Å². The van der Waals surface area contributed by atoms with Crippen molar-refractivity contribution in [3.8, 4) is 0 Å². The van der Waals surface area contributed by atoms with E-state index in [9.17, 15) is 8.78 Å². The van der Waals surface area contributed by atoms with Gasteiger partial charge >= 0.3 is 0 Å². The monoisotopic (exact) mass is 283 g/mol. The summed E-state index contributed by atoms with van der Waals surface area (Å²) in [4.78, 5) is 0. The summed E-state index contributed by atoms with van der Waals surface area (Å²) in [5.74, 6) is -0.959. The van der Waals surface area contributed by atoms with Gasteiger partial charge < -0.3 is 10.1 Å². The van der Waals surface area contributed by atoms with Gasteiger partial charge in [0.15, 0.2) is 0 Å². The Morgan fingerprint density at radius 3 is 2.55 bits per heavy atom. The van der Waals surface area contributed by atoms with Gasteiger partial charge in [0.1, 0.15) is 11.6 Å². The summed E-state index contributed by atoms with van der Waals surface area (Å²) in [5, 5.41) is 3.34. The number of ether oxygens (including phenoxy) is 1. The van der Waals surface area contributed by atoms with Crippen LogP contribution in [0.1, 0.15) is 38.7 Å². The van der Waals surface area contributed by atoms with Gasteiger partial charge in [-0.3, -0.25) is 0 Å². The molecule has 2 nitrogen and oxygen atoms in total. The van der Waals surface area contributed by atoms with Gasteiger partial charge in [-0.1, -0.05) is 13.0 Å². The fourth-order valence-electron chi connectivity index (χ4n) is 2.91. The summed E-state index contributed by atoms with van der Waals surface area (Å²) < 4.78 is 33.6. The van der Waals surface area contributed by atoms with Gasteiger partial charge in [-0.2, -0.15) is 0 Å². The van der Waals surface area contributed by atoms with E-state index in [1.54, 1.807) is 0 Å². The molecule has 0 bridgehead atoms. The number of likely N-dealkylation sites (N-methyl/N-ethyl adjacent to an activating group) is 1. The lowest BCUT2D eigenvalue weighted by Gasteiger charge is -2.41. The first kappa shape index (κ1) is 15.4. The molecule has 0 aromatic heterocycles. The van der Waals surface area contributed by atoms with E-state index in [2.05, 4.69) is 5.32 Å². The van der Waals surface area contributed by atoms with Crippen LogP contribution in [0.2, 0.25) is 0 Å². The Morgan fingerprint density at radius 1 is 1.30 bits per heavy atom. The Hall–Kier alpha value is -1.00. The minimum atomic E-state index is -0.479. The maximum atomic E-state index is 13.8. The number of halogens is 2. The van der Waals surface area contributed by atoms with Crippen molar-refractivity contribution in [3.63, 3.8) is 0 Å². The minimum absolute atomic E-state index is 0.0841. The smallest absolute Gasteiger partial charge is 0.129 e. The van der Waals surface area contributed by atoms with E-state index in [0.717, 1.165) is 32.4 Å². The fraction of sp³-hybridized carbons (Fsp3) is 0.625. The van der Waals surface area contributed by atoms with E-state index in [1.807, 2.05) is 13.8 Å². The molecule has 1 heterocycles. The first-order valence-corrected chi connectivity index (χ1v) is 7.37. The molecule has 2 unspecified atom stereocenters. The molecule has 4 heteroatoms. The molecule has 1 aliphatic rings. The standard InChI is InChI=1S/C16H23F2NO/c1-3-19-15(16(2)9-4-5-10-20-16)11-12-13(17)7-6-8-14(12)18/h6-8,15,19H,3-5,9-11H2,1-2H3. The molecule has 2 rings (SSSR count). The van der Waals surface area contributed by atoms with Gasteiger partial charge in [0.2, 0.25) is 0 Å². The van der Waals surface area contributed by atoms with Crippen molar-refractivity contribution in [1.82, 2.24) is 5.32 Å². The molecule has 20 heavy (non-hydrogen) atoms. The maximum Gasteiger partial charge on any atom is 0.129 e. The average Bonchev–Trinajstić information content (AvgIpc) is 2.42. The molecule has 1 aromatic carbocycles. The maximum absolute atomic E-state index is 13.8. The van der Waals surface area contributed by atoms with Crippen LogP contribution < -0.4 is 5.32 Å². The summed E-state index contributed by atoms with van der Waals surface area (Å²) in [6.45, 7) is 5.51. The van der Waals surface area contributed by atoms with Crippen LogP contribution in [0, 0.1) is 11.6 Å². The van der Waals surface area contributed by atoms with Crippen LogP contribution >= 0.6 is 0 Å². The Kier molecular flexibility index (Phi) is 5.11. The number of rotatable bonds is 5. The van der Waals surface area contributed by atoms with E-state index >= 15 is 0 Å². The van der Waals surface area contributed by atoms with Crippen LogP contribution in [-0.2, 0) is 11.2 Å². The number of hydrogen-bond donors (Lipinski definition) is 1. The Morgan fingerprint density at radius 2 is 2.00 bits per heavy atom. The third-order valence-electron chi connectivity index (χ3n) is 4.16. The van der Waals surface area contributed by atoms with E-state index in [-0.39, 0.29) is 17.2 Å². The van der Waals surface area contributed by atoms with Crippen LogP contribution in [0.4, 0.5) is 8.78 Å². The second-order valence-corrected chi connectivity index (χ2v) is 5.63. The van der Waals surface area contributed by atoms with Crippen LogP contribution in [-0.4, -0.2) is 24.8 Å². The van der Waals surface area contributed by atoms with E-state index < -0.39 is 11.6 Å². The third kappa shape index (κ3) is 3.36. The number of nitrogens with one attached hydrogen (secondary N) is 1. The largest absolute Gasteiger partial charge is 0.374 e. The zero-order valence-electron chi connectivity index (χ0n) is 12.2. The summed E-state index contributed by atoms with van der Waals surface area (Å²) in [6, 6.07) is 3.94. The molecule has 1 saturated heterocycles. The number of hydrogen-bond acceptors (Lipinski definition) is 2. The second kappa shape index (κ2) is 6.64. The lowest BCUT2D eigenvalue weighted by molar-refractivity contribution is -0.0883. The van der Waals surface area contributed by atoms with Crippen molar-refractivity contribution in [2.75, 3.05) is 13.2 Å². The minimum Gasteiger partial charge on any atom is -0.374 e. The first-order valence-electron chi connectivity index (χ1n) is 7.37. The zero-order chi connectivity index (χ0) is 14.6. The van der Waals surface area contributed by atoms with Crippen LogP contribution in [0.5, 0.6) is 0 Å². The quantitative estimate of drug-likeness (QED) is 0.893. The first-order chi connectivity index (χ1) is 9.57. The van der Waals surface area contributed by atoms with Crippen molar-refractivity contribution in [2.45, 2.75) is 51.2 Å². The molecule has 1 fully saturated rings. The summed E-state index contributed by atoms with van der Waals surface area (Å²) >= 11 is 0. The Labute approximate surface area is 119 Å². The van der Waals surface area contributed by atoms with E-state index in [1.165, 1.54) is 18.2 Å². The van der Waals surface area contributed by atoms with Crippen LogP contribution in [0.15, 0.2) is 18.2 Å². The Bertz CT molecular complexity index is 424. The SMILES string of the molecule is CCNC(Cc1c(F)cccc1F)C1(C)CCCCO1. The molecular weight excluding hydrogens is 260 g/mol. The van der Waals surface area contributed by atoms with Gasteiger partial charge in [0.25, 0.3) is 0 Å². The highest BCUT2D eigenvalue weighted by molar-refractivity contribution is 5.21. The van der Waals surface area contributed by atoms with Crippen molar-refractivity contribution < 1.29 is 13.5 Å². The third-order valence-corrected chi connectivity index (χ3v) is 4.16. The topological polar surface area (TPSA) is 21.3 Å². The van der Waals surface area contributed by atoms with Crippen molar-refractivity contribution >= 4 is 0 Å². The molecular formula is C16H23F2NO. The molecule has 0 aliphatic carbocycles. The molecule has 0 radical (unpaired) electrons. The van der Waals surface area contributed by atoms with E-state index in [4.69, 9.17) is 4.74 Å². The van der Waals surface area contributed by atoms with Gasteiger partial charge in [-0.15, -0.1) is 0 Å². The van der Waals surface area contributed by atoms with Gasteiger partial charge in [0.05, 0.1) is 5.60 Å². The molecule has 0 spiro atoms. The molecule has 112 valence electrons. The highest BCUT2D eigenvalue weighted by atomic mass is 19.1. The summed E-state index contributed by atoms with van der Waals surface area (Å²) in [5.41, 5.74) is -0.211. The highest BCUT2D eigenvalue weighted by Crippen LogP contribution is 2.30. The molecule has 1 aliphatic heterocycles. The van der Waals surface area contributed by atoms with Crippen molar-refractivity contribution in [3.05, 3.63) is 35.4 Å². The highest BCUT2D eigenvalue weighted by Gasteiger charge is 2.37. The molecule has 0 amide bonds. The fourth-order valence-corrected chi connectivity index (χ4v) is 2.91. The number of benzene rings is 1. The summed E-state index contributed by atoms with van der Waals surface area (Å²) in [7, 11) is 0. The van der Waals surface area contributed by atoms with Gasteiger partial charge in [-0.05, 0) is 51.3 Å². The molecule has 1 aromatic rings. The van der Waals surface area contributed by atoms with E-state index in [0.29, 0.717) is 6.42 Å². The zero-order valence-corrected chi connectivity index (χ0v) is 12.2. The Balaban J connectivity index is 2.20. The van der Waals surface area contributed by atoms with Gasteiger partial charge in [0, 0.05) is 18.2 Å². The molecule has 0 saturated carbocycles. The van der Waals surface area contributed by atoms with Crippen molar-refractivity contribution in [1.29, 1.82) is 0 Å². The molecule has 2 atom stereocenters. The predicted molar refractivity (Wildman–Crippen MR) is 75.7 cm³/mol. The normalized spacial score (nSPS) is 24.6. The second-order valence-electron chi connectivity index (χ2n) is 5.63. The predicted octanol–water partition coefficient (Wildman–Crippen LogP) is 3.44. The average molecular weight is 283 g/mol. The van der Waals surface area contributed by atoms with Crippen LogP contribution in [0.25, 0.3) is 0 Å². The molecule has 1 N–H and O–H groups in total. The summed E-state index contributed by atoms with van der Waals surface area (Å²) in [6.07, 6.45) is 3.38. The lowest BCUT2D eigenvalue weighted by Crippen LogP contribution is -2.53. The van der Waals surface area contributed by atoms with Crippen LogP contribution in [0.3, 0.4) is 0 Å². The lowest BCUT2D eigenvalue weighted by atomic mass is 9.84. The van der Waals surface area contributed by atoms with Crippen molar-refractivity contribution in [2.24, 2.45) is 0 Å².